The molecule has 3 aliphatic rings. The average Bonchev–Trinajstić information content (AvgIpc) is 2.82. The number of aliphatic imine (C=N–C) groups is 1. The molecule has 0 saturated carbocycles. The Morgan fingerprint density at radius 1 is 1.27 bits per heavy atom. The lowest BCUT2D eigenvalue weighted by molar-refractivity contribution is 0.763. The Labute approximate surface area is 133 Å². The number of nitrogens with zero attached hydrogens (tertiary/aromatic N) is 5. The summed E-state index contributed by atoms with van der Waals surface area (Å²) in [7, 11) is 0. The second-order valence-corrected chi connectivity index (χ2v) is 5.71. The number of anilines is 1. The first-order chi connectivity index (χ1) is 10.7. The van der Waals surface area contributed by atoms with E-state index in [1.54, 1.807) is 12.3 Å². The van der Waals surface area contributed by atoms with Crippen LogP contribution >= 0.6 is 11.6 Å². The van der Waals surface area contributed by atoms with Crippen LogP contribution in [0.2, 0.25) is 5.15 Å². The average molecular weight is 312 g/mol. The Balaban J connectivity index is 1.93. The van der Waals surface area contributed by atoms with Gasteiger partial charge in [0.05, 0.1) is 17.6 Å². The summed E-state index contributed by atoms with van der Waals surface area (Å²) in [6.45, 7) is 1.99. The Morgan fingerprint density at radius 3 is 3.00 bits per heavy atom. The van der Waals surface area contributed by atoms with Crippen LogP contribution in [0.25, 0.3) is 0 Å². The van der Waals surface area contributed by atoms with Crippen LogP contribution in [-0.2, 0) is 0 Å². The zero-order valence-electron chi connectivity index (χ0n) is 12.1. The standard InChI is InChI=1S/C16H14ClN5/c1-10-20-21-14-9-18-15(11-5-3-2-4-6-11)16-12(22(10)14)7-8-13(17)19-16/h3,5-10H,2,4H2,1H3. The molecule has 3 heterocycles. The van der Waals surface area contributed by atoms with Crippen molar-refractivity contribution in [2.75, 3.05) is 4.90 Å². The van der Waals surface area contributed by atoms with Crippen LogP contribution in [0.5, 0.6) is 0 Å². The number of aromatic nitrogens is 1. The number of halogens is 1. The molecule has 0 N–H and O–H groups in total. The summed E-state index contributed by atoms with van der Waals surface area (Å²) in [5.41, 5.74) is 3.61. The van der Waals surface area contributed by atoms with Gasteiger partial charge < -0.3 is 0 Å². The quantitative estimate of drug-likeness (QED) is 0.729. The predicted molar refractivity (Wildman–Crippen MR) is 87.1 cm³/mol. The number of hydrogen-bond donors (Lipinski definition) is 0. The molecule has 0 aromatic carbocycles. The van der Waals surface area contributed by atoms with Gasteiger partial charge in [-0.3, -0.25) is 4.90 Å². The van der Waals surface area contributed by atoms with Gasteiger partial charge in [0, 0.05) is 0 Å². The highest BCUT2D eigenvalue weighted by Crippen LogP contribution is 2.35. The van der Waals surface area contributed by atoms with Gasteiger partial charge in [-0.15, -0.1) is 5.11 Å². The lowest BCUT2D eigenvalue weighted by Gasteiger charge is -2.23. The summed E-state index contributed by atoms with van der Waals surface area (Å²) in [4.78, 5) is 11.2. The predicted octanol–water partition coefficient (Wildman–Crippen LogP) is 4.23. The number of hydrogen-bond acceptors (Lipinski definition) is 5. The maximum Gasteiger partial charge on any atom is 0.175 e. The lowest BCUT2D eigenvalue weighted by atomic mass is 9.99. The van der Waals surface area contributed by atoms with Crippen molar-refractivity contribution in [3.8, 4) is 0 Å². The summed E-state index contributed by atoms with van der Waals surface area (Å²) >= 11 is 6.13. The van der Waals surface area contributed by atoms with E-state index >= 15 is 0 Å². The monoisotopic (exact) mass is 311 g/mol. The highest BCUT2D eigenvalue weighted by molar-refractivity contribution is 6.30. The number of rotatable bonds is 1. The van der Waals surface area contributed by atoms with Gasteiger partial charge in [-0.05, 0) is 37.5 Å². The summed E-state index contributed by atoms with van der Waals surface area (Å²) < 4.78 is 0. The third-order valence-electron chi connectivity index (χ3n) is 3.85. The van der Waals surface area contributed by atoms with Crippen LogP contribution in [0.15, 0.2) is 63.2 Å². The van der Waals surface area contributed by atoms with E-state index in [1.807, 2.05) is 17.9 Å². The van der Waals surface area contributed by atoms with Crippen molar-refractivity contribution < 1.29 is 0 Å². The molecule has 0 bridgehead atoms. The SMILES string of the molecule is CC1N=NC2=CN=C(C3=CCCC=C3)c3nc(Cl)ccc3N21. The van der Waals surface area contributed by atoms with Crippen LogP contribution in [0.1, 0.15) is 25.5 Å². The van der Waals surface area contributed by atoms with Crippen molar-refractivity contribution >= 4 is 23.0 Å². The second kappa shape index (κ2) is 5.18. The molecule has 4 rings (SSSR count). The van der Waals surface area contributed by atoms with Gasteiger partial charge in [0.15, 0.2) is 5.82 Å². The van der Waals surface area contributed by atoms with E-state index in [0.29, 0.717) is 5.15 Å². The fraction of sp³-hybridized carbons (Fsp3) is 0.250. The lowest BCUT2D eigenvalue weighted by Crippen LogP contribution is -2.27. The second-order valence-electron chi connectivity index (χ2n) is 5.32. The van der Waals surface area contributed by atoms with Crippen molar-refractivity contribution in [1.29, 1.82) is 0 Å². The van der Waals surface area contributed by atoms with E-state index in [2.05, 4.69) is 38.4 Å². The highest BCUT2D eigenvalue weighted by atomic mass is 35.5. The van der Waals surface area contributed by atoms with Gasteiger partial charge in [0.25, 0.3) is 0 Å². The first-order valence-electron chi connectivity index (χ1n) is 7.26. The molecular formula is C16H14ClN5. The molecule has 0 saturated heterocycles. The van der Waals surface area contributed by atoms with Crippen LogP contribution in [0.4, 0.5) is 5.69 Å². The van der Waals surface area contributed by atoms with Crippen LogP contribution in [0, 0.1) is 0 Å². The highest BCUT2D eigenvalue weighted by Gasteiger charge is 2.30. The molecule has 0 fully saturated rings. The van der Waals surface area contributed by atoms with E-state index < -0.39 is 0 Å². The van der Waals surface area contributed by atoms with E-state index in [4.69, 9.17) is 11.6 Å². The van der Waals surface area contributed by atoms with Crippen molar-refractivity contribution in [2.45, 2.75) is 25.9 Å². The molecule has 22 heavy (non-hydrogen) atoms. The molecule has 1 aliphatic carbocycles. The van der Waals surface area contributed by atoms with Crippen LogP contribution in [-0.4, -0.2) is 16.9 Å². The van der Waals surface area contributed by atoms with Gasteiger partial charge >= 0.3 is 0 Å². The van der Waals surface area contributed by atoms with Gasteiger partial charge in [-0.1, -0.05) is 29.8 Å². The van der Waals surface area contributed by atoms with E-state index in [0.717, 1.165) is 41.3 Å². The van der Waals surface area contributed by atoms with E-state index in [1.165, 1.54) is 0 Å². The molecule has 110 valence electrons. The molecule has 1 aromatic heterocycles. The number of azo groups is 1. The van der Waals surface area contributed by atoms with Crippen LogP contribution in [0.3, 0.4) is 0 Å². The van der Waals surface area contributed by atoms with Gasteiger partial charge in [-0.2, -0.15) is 5.11 Å². The molecule has 2 aliphatic heterocycles. The molecule has 0 amide bonds. The summed E-state index contributed by atoms with van der Waals surface area (Å²) in [5.74, 6) is 0.730. The van der Waals surface area contributed by atoms with E-state index in [9.17, 15) is 0 Å². The normalized spacial score (nSPS) is 22.5. The summed E-state index contributed by atoms with van der Waals surface area (Å²) in [5, 5.41) is 8.87. The minimum absolute atomic E-state index is 0.0709. The third kappa shape index (κ3) is 2.09. The Bertz CT molecular complexity index is 788. The first kappa shape index (κ1) is 13.4. The van der Waals surface area contributed by atoms with Crippen molar-refractivity contribution in [1.82, 2.24) is 4.98 Å². The maximum absolute atomic E-state index is 6.13. The third-order valence-corrected chi connectivity index (χ3v) is 4.06. The number of fused-ring (bicyclic) bond motifs is 3. The largest absolute Gasteiger partial charge is 0.297 e. The molecular weight excluding hydrogens is 298 g/mol. The Hall–Kier alpha value is -2.27. The number of allylic oxidation sites excluding steroid dienone is 4. The van der Waals surface area contributed by atoms with Gasteiger partial charge in [0.2, 0.25) is 0 Å². The van der Waals surface area contributed by atoms with Gasteiger partial charge in [0.1, 0.15) is 17.0 Å². The molecule has 6 heteroatoms. The van der Waals surface area contributed by atoms with Crippen molar-refractivity contribution in [2.24, 2.45) is 15.2 Å². The minimum Gasteiger partial charge on any atom is -0.297 e. The molecule has 5 nitrogen and oxygen atoms in total. The Morgan fingerprint density at radius 2 is 2.18 bits per heavy atom. The van der Waals surface area contributed by atoms with Crippen molar-refractivity contribution in [3.05, 3.63) is 58.8 Å². The summed E-state index contributed by atoms with van der Waals surface area (Å²) in [6.07, 6.45) is 10.2. The zero-order valence-corrected chi connectivity index (χ0v) is 12.8. The fourth-order valence-electron chi connectivity index (χ4n) is 2.83. The topological polar surface area (TPSA) is 53.2 Å². The number of pyridine rings is 1. The maximum atomic E-state index is 6.13. The molecule has 0 spiro atoms. The molecule has 1 unspecified atom stereocenters. The molecule has 1 aromatic rings. The van der Waals surface area contributed by atoms with Gasteiger partial charge in [-0.25, -0.2) is 9.98 Å². The van der Waals surface area contributed by atoms with Crippen molar-refractivity contribution in [3.63, 3.8) is 0 Å². The fourth-order valence-corrected chi connectivity index (χ4v) is 2.97. The minimum atomic E-state index is -0.0709. The zero-order chi connectivity index (χ0) is 15.1. The molecule has 0 radical (unpaired) electrons. The first-order valence-corrected chi connectivity index (χ1v) is 7.64. The molecule has 1 atom stereocenters. The van der Waals surface area contributed by atoms with E-state index in [-0.39, 0.29) is 6.17 Å². The summed E-state index contributed by atoms with van der Waals surface area (Å²) in [6, 6.07) is 3.75. The Kier molecular flexibility index (Phi) is 3.15. The van der Waals surface area contributed by atoms with Crippen LogP contribution < -0.4 is 4.90 Å². The smallest absolute Gasteiger partial charge is 0.175 e.